The lowest BCUT2D eigenvalue weighted by Gasteiger charge is -2.02. The van der Waals surface area contributed by atoms with Gasteiger partial charge in [0, 0.05) is 12.8 Å². The molecule has 14 heavy (non-hydrogen) atoms. The predicted molar refractivity (Wildman–Crippen MR) is 53.5 cm³/mol. The molecule has 0 aliphatic carbocycles. The first-order valence-corrected chi connectivity index (χ1v) is 4.38. The summed E-state index contributed by atoms with van der Waals surface area (Å²) in [7, 11) is 0. The maximum absolute atomic E-state index is 13.4. The fourth-order valence-corrected chi connectivity index (χ4v) is 1.18. The molecule has 0 heterocycles. The molecule has 0 radical (unpaired) electrons. The van der Waals surface area contributed by atoms with Gasteiger partial charge in [-0.2, -0.15) is 0 Å². The van der Waals surface area contributed by atoms with Gasteiger partial charge in [-0.05, 0) is 18.6 Å². The van der Waals surface area contributed by atoms with E-state index in [1.54, 1.807) is 19.1 Å². The Morgan fingerprint density at radius 2 is 2.29 bits per heavy atom. The number of halogens is 1. The van der Waals surface area contributed by atoms with Crippen molar-refractivity contribution in [2.75, 3.05) is 0 Å². The molecule has 0 saturated heterocycles. The van der Waals surface area contributed by atoms with E-state index in [9.17, 15) is 9.18 Å². The van der Waals surface area contributed by atoms with Crippen molar-refractivity contribution in [2.24, 2.45) is 0 Å². The Hall–Kier alpha value is -1.62. The molecule has 0 unspecified atom stereocenters. The molecule has 0 bridgehead atoms. The highest BCUT2D eigenvalue weighted by atomic mass is 19.1. The summed E-state index contributed by atoms with van der Waals surface area (Å²) in [6.07, 6.45) is 5.59. The van der Waals surface area contributed by atoms with Crippen LogP contribution in [0.1, 0.15) is 28.8 Å². The smallest absolute Gasteiger partial charge is 0.166 e. The second-order valence-corrected chi connectivity index (χ2v) is 3.06. The largest absolute Gasteiger partial charge is 0.294 e. The number of hydrogen-bond acceptors (Lipinski definition) is 1. The Bertz CT molecular complexity index is 388. The van der Waals surface area contributed by atoms with Crippen molar-refractivity contribution in [3.8, 4) is 12.3 Å². The predicted octanol–water partition coefficient (Wildman–Crippen LogP) is 2.73. The van der Waals surface area contributed by atoms with Crippen LogP contribution in [0.4, 0.5) is 4.39 Å². The number of ketones is 1. The Morgan fingerprint density at radius 1 is 1.57 bits per heavy atom. The van der Waals surface area contributed by atoms with Crippen LogP contribution in [0.5, 0.6) is 0 Å². The molecule has 0 fully saturated rings. The number of aryl methyl sites for hydroxylation is 1. The van der Waals surface area contributed by atoms with E-state index in [4.69, 9.17) is 6.42 Å². The molecule has 2 heteroatoms. The minimum atomic E-state index is -0.436. The van der Waals surface area contributed by atoms with Crippen LogP contribution in [-0.2, 0) is 0 Å². The third-order valence-electron chi connectivity index (χ3n) is 1.99. The number of Topliss-reactive ketones (excluding diaryl/α,β-unsaturated/α-hetero) is 1. The van der Waals surface area contributed by atoms with Crippen LogP contribution in [0.2, 0.25) is 0 Å². The summed E-state index contributed by atoms with van der Waals surface area (Å²) in [5.41, 5.74) is 0.622. The van der Waals surface area contributed by atoms with Gasteiger partial charge in [-0.3, -0.25) is 4.79 Å². The molecule has 0 aliphatic heterocycles. The highest BCUT2D eigenvalue weighted by Gasteiger charge is 2.11. The van der Waals surface area contributed by atoms with Gasteiger partial charge < -0.3 is 0 Å². The number of terminal acetylenes is 1. The summed E-state index contributed by atoms with van der Waals surface area (Å²) >= 11 is 0. The molecule has 0 N–H and O–H groups in total. The van der Waals surface area contributed by atoms with E-state index >= 15 is 0 Å². The Labute approximate surface area is 82.9 Å². The van der Waals surface area contributed by atoms with Crippen molar-refractivity contribution in [3.63, 3.8) is 0 Å². The first-order valence-electron chi connectivity index (χ1n) is 4.38. The third kappa shape index (κ3) is 2.20. The molecule has 0 aromatic heterocycles. The molecule has 0 saturated carbocycles. The summed E-state index contributed by atoms with van der Waals surface area (Å²) < 4.78 is 13.4. The van der Waals surface area contributed by atoms with Crippen LogP contribution >= 0.6 is 0 Å². The maximum Gasteiger partial charge on any atom is 0.166 e. The topological polar surface area (TPSA) is 17.1 Å². The van der Waals surface area contributed by atoms with Crippen molar-refractivity contribution >= 4 is 5.78 Å². The molecule has 1 aromatic carbocycles. The standard InChI is InChI=1S/C12H11FO/c1-3-4-8-11(14)10-7-5-6-9(2)12(10)13/h1,5-7H,4,8H2,2H3. The van der Waals surface area contributed by atoms with Crippen LogP contribution < -0.4 is 0 Å². The molecule has 0 aliphatic rings. The number of benzene rings is 1. The zero-order valence-electron chi connectivity index (χ0n) is 8.01. The molecule has 0 spiro atoms. The van der Waals surface area contributed by atoms with Crippen LogP contribution in [0, 0.1) is 25.1 Å². The van der Waals surface area contributed by atoms with Gasteiger partial charge in [-0.15, -0.1) is 12.3 Å². The molecule has 72 valence electrons. The average Bonchev–Trinajstić information content (AvgIpc) is 2.18. The van der Waals surface area contributed by atoms with Gasteiger partial charge in [0.1, 0.15) is 5.82 Å². The van der Waals surface area contributed by atoms with Gasteiger partial charge in [0.15, 0.2) is 5.78 Å². The van der Waals surface area contributed by atoms with Crippen LogP contribution in [0.15, 0.2) is 18.2 Å². The van der Waals surface area contributed by atoms with E-state index in [1.807, 2.05) is 0 Å². The van der Waals surface area contributed by atoms with E-state index in [0.717, 1.165) is 0 Å². The number of carbonyl (C=O) groups is 1. The lowest BCUT2D eigenvalue weighted by atomic mass is 10.0. The number of carbonyl (C=O) groups excluding carboxylic acids is 1. The normalized spacial score (nSPS) is 9.50. The second-order valence-electron chi connectivity index (χ2n) is 3.06. The van der Waals surface area contributed by atoms with Gasteiger partial charge in [0.25, 0.3) is 0 Å². The summed E-state index contributed by atoms with van der Waals surface area (Å²) in [5, 5.41) is 0. The highest BCUT2D eigenvalue weighted by Crippen LogP contribution is 2.14. The molecule has 0 amide bonds. The molecule has 1 aromatic rings. The fraction of sp³-hybridized carbons (Fsp3) is 0.250. The van der Waals surface area contributed by atoms with Gasteiger partial charge in [0.2, 0.25) is 0 Å². The molecular weight excluding hydrogens is 179 g/mol. The van der Waals surface area contributed by atoms with Gasteiger partial charge >= 0.3 is 0 Å². The number of rotatable bonds is 3. The van der Waals surface area contributed by atoms with Gasteiger partial charge in [-0.1, -0.05) is 12.1 Å². The third-order valence-corrected chi connectivity index (χ3v) is 1.99. The molecule has 0 atom stereocenters. The van der Waals surface area contributed by atoms with Gasteiger partial charge in [-0.25, -0.2) is 4.39 Å². The van der Waals surface area contributed by atoms with E-state index in [0.29, 0.717) is 12.0 Å². The lowest BCUT2D eigenvalue weighted by molar-refractivity contribution is 0.0980. The van der Waals surface area contributed by atoms with Crippen molar-refractivity contribution in [1.29, 1.82) is 0 Å². The van der Waals surface area contributed by atoms with Crippen LogP contribution in [-0.4, -0.2) is 5.78 Å². The van der Waals surface area contributed by atoms with Crippen molar-refractivity contribution in [3.05, 3.63) is 35.1 Å². The first-order chi connectivity index (χ1) is 6.66. The van der Waals surface area contributed by atoms with E-state index in [2.05, 4.69) is 5.92 Å². The second kappa shape index (κ2) is 4.57. The van der Waals surface area contributed by atoms with Crippen molar-refractivity contribution < 1.29 is 9.18 Å². The summed E-state index contributed by atoms with van der Waals surface area (Å²) in [5.74, 6) is 1.69. The van der Waals surface area contributed by atoms with Crippen LogP contribution in [0.25, 0.3) is 0 Å². The molecular formula is C12H11FO. The van der Waals surface area contributed by atoms with Crippen molar-refractivity contribution in [2.45, 2.75) is 19.8 Å². The van der Waals surface area contributed by atoms with Crippen LogP contribution in [0.3, 0.4) is 0 Å². The minimum Gasteiger partial charge on any atom is -0.294 e. The highest BCUT2D eigenvalue weighted by molar-refractivity contribution is 5.96. The van der Waals surface area contributed by atoms with Gasteiger partial charge in [0.05, 0.1) is 5.56 Å². The van der Waals surface area contributed by atoms with E-state index in [1.165, 1.54) is 6.07 Å². The monoisotopic (exact) mass is 190 g/mol. The summed E-state index contributed by atoms with van der Waals surface area (Å²) in [4.78, 5) is 11.4. The maximum atomic E-state index is 13.4. The summed E-state index contributed by atoms with van der Waals surface area (Å²) in [6.45, 7) is 1.63. The SMILES string of the molecule is C#CCCC(=O)c1cccc(C)c1F. The van der Waals surface area contributed by atoms with Crippen molar-refractivity contribution in [1.82, 2.24) is 0 Å². The van der Waals surface area contributed by atoms with E-state index in [-0.39, 0.29) is 17.8 Å². The average molecular weight is 190 g/mol. The first kappa shape index (κ1) is 10.5. The lowest BCUT2D eigenvalue weighted by Crippen LogP contribution is -2.03. The summed E-state index contributed by atoms with van der Waals surface area (Å²) in [6, 6.07) is 4.79. The Balaban J connectivity index is 2.91. The fourth-order valence-electron chi connectivity index (χ4n) is 1.18. The number of hydrogen-bond donors (Lipinski definition) is 0. The molecule has 1 nitrogen and oxygen atoms in total. The Kier molecular flexibility index (Phi) is 3.41. The zero-order chi connectivity index (χ0) is 10.6. The Morgan fingerprint density at radius 3 is 2.93 bits per heavy atom. The molecule has 1 rings (SSSR count). The van der Waals surface area contributed by atoms with E-state index < -0.39 is 5.82 Å². The zero-order valence-corrected chi connectivity index (χ0v) is 8.01. The quantitative estimate of drug-likeness (QED) is 0.529. The minimum absolute atomic E-state index is 0.139.